The lowest BCUT2D eigenvalue weighted by molar-refractivity contribution is 0.665. The van der Waals surface area contributed by atoms with E-state index in [1.807, 2.05) is 53.9 Å². The summed E-state index contributed by atoms with van der Waals surface area (Å²) < 4.78 is 0.296. The molecule has 0 aliphatic rings. The molecule has 0 amide bonds. The van der Waals surface area contributed by atoms with E-state index in [1.54, 1.807) is 0 Å². The third kappa shape index (κ3) is 6.47. The number of benzene rings is 3. The van der Waals surface area contributed by atoms with E-state index in [-0.39, 0.29) is 5.92 Å². The van der Waals surface area contributed by atoms with Crippen molar-refractivity contribution in [2.45, 2.75) is 34.1 Å². The lowest BCUT2D eigenvalue weighted by atomic mass is 10.1. The first-order chi connectivity index (χ1) is 13.8. The molecule has 0 aromatic heterocycles. The summed E-state index contributed by atoms with van der Waals surface area (Å²) in [4.78, 5) is 7.39. The predicted molar refractivity (Wildman–Crippen MR) is 129 cm³/mol. The standard InChI is InChI=1S/C24H25NS3/c1-2-12-22(23(26)25-19-13-6-3-7-14-19)24(27-20-15-8-4-9-16-20)28-21-17-10-5-11-18-21/h3-11,13-18,22,24H,2,12H2,1H3,(H,25,26). The number of aliphatic imine (C=N–C) groups is 1. The van der Waals surface area contributed by atoms with Crippen LogP contribution in [0.15, 0.2) is 106 Å². The molecule has 1 atom stereocenters. The van der Waals surface area contributed by atoms with Crippen LogP contribution < -0.4 is 0 Å². The molecule has 3 rings (SSSR count). The van der Waals surface area contributed by atoms with Crippen molar-refractivity contribution in [1.82, 2.24) is 0 Å². The van der Waals surface area contributed by atoms with Gasteiger partial charge in [-0.15, -0.1) is 36.2 Å². The highest BCUT2D eigenvalue weighted by Gasteiger charge is 2.26. The normalized spacial score (nSPS) is 12.9. The van der Waals surface area contributed by atoms with Crippen molar-refractivity contribution in [3.05, 3.63) is 91.0 Å². The van der Waals surface area contributed by atoms with Gasteiger partial charge in [0.1, 0.15) is 0 Å². The Bertz CT molecular complexity index is 809. The van der Waals surface area contributed by atoms with Gasteiger partial charge in [-0.3, -0.25) is 0 Å². The highest BCUT2D eigenvalue weighted by atomic mass is 32.2. The van der Waals surface area contributed by atoms with E-state index in [4.69, 9.17) is 17.6 Å². The third-order valence-electron chi connectivity index (χ3n) is 4.25. The second-order valence-corrected chi connectivity index (χ2v) is 9.62. The Morgan fingerprint density at radius 1 is 0.786 bits per heavy atom. The number of rotatable bonds is 9. The average Bonchev–Trinajstić information content (AvgIpc) is 2.74. The lowest BCUT2D eigenvalue weighted by Gasteiger charge is -2.26. The van der Waals surface area contributed by atoms with Crippen LogP contribution in [0.5, 0.6) is 0 Å². The van der Waals surface area contributed by atoms with Gasteiger partial charge in [0.2, 0.25) is 0 Å². The maximum atomic E-state index is 4.87. The number of thiol groups is 1. The van der Waals surface area contributed by atoms with Crippen molar-refractivity contribution in [1.29, 1.82) is 0 Å². The van der Waals surface area contributed by atoms with Crippen LogP contribution in [-0.4, -0.2) is 9.63 Å². The zero-order valence-electron chi connectivity index (χ0n) is 15.9. The van der Waals surface area contributed by atoms with Crippen molar-refractivity contribution in [3.8, 4) is 0 Å². The Labute approximate surface area is 182 Å². The molecule has 3 aromatic rings. The van der Waals surface area contributed by atoms with Crippen molar-refractivity contribution in [3.63, 3.8) is 0 Å². The summed E-state index contributed by atoms with van der Waals surface area (Å²) in [5, 5.41) is 0.907. The van der Waals surface area contributed by atoms with Gasteiger partial charge in [-0.2, -0.15) is 0 Å². The Morgan fingerprint density at radius 2 is 1.25 bits per heavy atom. The van der Waals surface area contributed by atoms with E-state index in [0.717, 1.165) is 23.6 Å². The van der Waals surface area contributed by atoms with E-state index < -0.39 is 0 Å². The van der Waals surface area contributed by atoms with E-state index in [0.29, 0.717) is 4.58 Å². The van der Waals surface area contributed by atoms with Crippen LogP contribution in [0.3, 0.4) is 0 Å². The Morgan fingerprint density at radius 3 is 1.71 bits per heavy atom. The van der Waals surface area contributed by atoms with Gasteiger partial charge in [-0.1, -0.05) is 67.9 Å². The zero-order chi connectivity index (χ0) is 19.6. The number of thioether (sulfide) groups is 2. The van der Waals surface area contributed by atoms with E-state index in [2.05, 4.69) is 67.6 Å². The van der Waals surface area contributed by atoms with Gasteiger partial charge in [-0.25, -0.2) is 4.99 Å². The summed E-state index contributed by atoms with van der Waals surface area (Å²) in [6.07, 6.45) is 2.15. The molecule has 1 nitrogen and oxygen atoms in total. The maximum absolute atomic E-state index is 4.87. The summed E-state index contributed by atoms with van der Waals surface area (Å²) >= 11 is 8.67. The predicted octanol–water partition coefficient (Wildman–Crippen LogP) is 7.97. The Kier molecular flexibility index (Phi) is 8.59. The summed E-state index contributed by atoms with van der Waals surface area (Å²) in [7, 11) is 0. The monoisotopic (exact) mass is 423 g/mol. The maximum Gasteiger partial charge on any atom is 0.0758 e. The molecular weight excluding hydrogens is 398 g/mol. The molecule has 0 bridgehead atoms. The van der Waals surface area contributed by atoms with Gasteiger partial charge in [0.15, 0.2) is 0 Å². The van der Waals surface area contributed by atoms with Crippen LogP contribution >= 0.6 is 36.2 Å². The Hall–Kier alpha value is -1.62. The van der Waals surface area contributed by atoms with Gasteiger partial charge < -0.3 is 0 Å². The van der Waals surface area contributed by atoms with Gasteiger partial charge in [0, 0.05) is 15.7 Å². The number of para-hydroxylation sites is 1. The third-order valence-corrected chi connectivity index (χ3v) is 7.47. The van der Waals surface area contributed by atoms with Gasteiger partial charge in [-0.05, 0) is 42.8 Å². The highest BCUT2D eigenvalue weighted by molar-refractivity contribution is 8.17. The Balaban J connectivity index is 1.90. The minimum atomic E-state index is 0.268. The van der Waals surface area contributed by atoms with Crippen LogP contribution in [0.1, 0.15) is 19.8 Å². The molecule has 0 saturated carbocycles. The first kappa shape index (κ1) is 21.1. The molecule has 0 heterocycles. The van der Waals surface area contributed by atoms with E-state index in [9.17, 15) is 0 Å². The SMILES string of the molecule is CCCC(C(S)=Nc1ccccc1)C(Sc1ccccc1)Sc1ccccc1. The second-order valence-electron chi connectivity index (χ2n) is 6.43. The van der Waals surface area contributed by atoms with Gasteiger partial charge >= 0.3 is 0 Å². The summed E-state index contributed by atoms with van der Waals surface area (Å²) in [5.41, 5.74) is 0.960. The van der Waals surface area contributed by atoms with Crippen LogP contribution in [0.2, 0.25) is 0 Å². The molecular formula is C24H25NS3. The van der Waals surface area contributed by atoms with Crippen LogP contribution in [0, 0.1) is 5.92 Å². The van der Waals surface area contributed by atoms with Gasteiger partial charge in [0.25, 0.3) is 0 Å². The van der Waals surface area contributed by atoms with Gasteiger partial charge in [0.05, 0.1) is 15.3 Å². The molecule has 144 valence electrons. The fourth-order valence-electron chi connectivity index (χ4n) is 2.87. The van der Waals surface area contributed by atoms with Crippen molar-refractivity contribution in [2.24, 2.45) is 10.9 Å². The number of nitrogens with zero attached hydrogens (tertiary/aromatic N) is 1. The molecule has 1 unspecified atom stereocenters. The summed E-state index contributed by atoms with van der Waals surface area (Å²) in [6, 6.07) is 31.3. The highest BCUT2D eigenvalue weighted by Crippen LogP contribution is 2.42. The minimum absolute atomic E-state index is 0.268. The largest absolute Gasteiger partial charge is 0.246 e. The topological polar surface area (TPSA) is 12.4 Å². The van der Waals surface area contributed by atoms with Crippen LogP contribution in [0.4, 0.5) is 5.69 Å². The molecule has 0 N–H and O–H groups in total. The van der Waals surface area contributed by atoms with Crippen LogP contribution in [-0.2, 0) is 0 Å². The smallest absolute Gasteiger partial charge is 0.0758 e. The van der Waals surface area contributed by atoms with Crippen LogP contribution in [0.25, 0.3) is 0 Å². The molecule has 0 radical (unpaired) electrons. The first-order valence-corrected chi connectivity index (χ1v) is 11.7. The molecule has 3 aromatic carbocycles. The molecule has 0 saturated heterocycles. The molecule has 28 heavy (non-hydrogen) atoms. The van der Waals surface area contributed by atoms with Crippen molar-refractivity contribution >= 4 is 46.9 Å². The zero-order valence-corrected chi connectivity index (χ0v) is 18.5. The quantitative estimate of drug-likeness (QED) is 0.123. The molecule has 0 aliphatic heterocycles. The van der Waals surface area contributed by atoms with E-state index in [1.165, 1.54) is 9.79 Å². The molecule has 0 spiro atoms. The van der Waals surface area contributed by atoms with Crippen molar-refractivity contribution < 1.29 is 0 Å². The minimum Gasteiger partial charge on any atom is -0.246 e. The summed E-state index contributed by atoms with van der Waals surface area (Å²) in [6.45, 7) is 2.23. The molecule has 0 aliphatic carbocycles. The molecule has 0 fully saturated rings. The van der Waals surface area contributed by atoms with Crippen molar-refractivity contribution in [2.75, 3.05) is 0 Å². The second kappa shape index (κ2) is 11.4. The van der Waals surface area contributed by atoms with E-state index >= 15 is 0 Å². The first-order valence-electron chi connectivity index (χ1n) is 9.52. The lowest BCUT2D eigenvalue weighted by Crippen LogP contribution is -2.20. The fourth-order valence-corrected chi connectivity index (χ4v) is 6.35. The fraction of sp³-hybridized carbons (Fsp3) is 0.208. The number of hydrogen-bond donors (Lipinski definition) is 1. The molecule has 4 heteroatoms. The summed E-state index contributed by atoms with van der Waals surface area (Å²) in [5.74, 6) is 0.268. The average molecular weight is 424 g/mol. The number of hydrogen-bond acceptors (Lipinski definition) is 3.